The van der Waals surface area contributed by atoms with Gasteiger partial charge >= 0.3 is 0 Å². The van der Waals surface area contributed by atoms with Crippen molar-refractivity contribution in [2.45, 2.75) is 38.8 Å². The molecule has 0 saturated heterocycles. The highest BCUT2D eigenvalue weighted by molar-refractivity contribution is 5.86. The zero-order chi connectivity index (χ0) is 14.1. The molecule has 2 aromatic rings. The van der Waals surface area contributed by atoms with Gasteiger partial charge in [-0.3, -0.25) is 9.58 Å². The number of nitrogen functional groups attached to an aromatic ring is 1. The number of nitrogens with one attached hydrogen (secondary N) is 1. The highest BCUT2D eigenvalue weighted by Gasteiger charge is 2.29. The van der Waals surface area contributed by atoms with Crippen LogP contribution < -0.4 is 11.3 Å². The van der Waals surface area contributed by atoms with Crippen molar-refractivity contribution < 1.29 is 0 Å². The zero-order valence-electron chi connectivity index (χ0n) is 12.0. The summed E-state index contributed by atoms with van der Waals surface area (Å²) < 4.78 is 1.75. The number of hydrogen-bond acceptors (Lipinski definition) is 6. The normalized spacial score (nSPS) is 15.2. The molecule has 3 rings (SSSR count). The molecule has 7 heteroatoms. The molecule has 20 heavy (non-hydrogen) atoms. The topological polar surface area (TPSA) is 84.9 Å². The number of hydrogen-bond donors (Lipinski definition) is 2. The summed E-state index contributed by atoms with van der Waals surface area (Å²) in [5, 5.41) is 5.07. The summed E-state index contributed by atoms with van der Waals surface area (Å²) in [5.74, 6) is 7.01. The molecule has 0 aromatic carbocycles. The molecule has 108 valence electrons. The monoisotopic (exact) mass is 275 g/mol. The fraction of sp³-hybridized carbons (Fsp3) is 0.615. The van der Waals surface area contributed by atoms with E-state index >= 15 is 0 Å². The van der Waals surface area contributed by atoms with E-state index in [2.05, 4.69) is 32.3 Å². The minimum atomic E-state index is 0.644. The largest absolute Gasteiger partial charge is 0.308 e. The Hall–Kier alpha value is -1.73. The standard InChI is InChI=1S/C13H21N7/c1-3-6-20(9-4-5-9)8-11-16-12(18-14)10-7-15-19(2)13(10)17-11/h7,9H,3-6,8,14H2,1-2H3,(H,16,17,18). The van der Waals surface area contributed by atoms with Crippen LogP contribution in [0.3, 0.4) is 0 Å². The highest BCUT2D eigenvalue weighted by atomic mass is 15.3. The van der Waals surface area contributed by atoms with Gasteiger partial charge in [0.2, 0.25) is 0 Å². The van der Waals surface area contributed by atoms with Crippen LogP contribution in [0, 0.1) is 0 Å². The van der Waals surface area contributed by atoms with E-state index in [1.807, 2.05) is 7.05 Å². The van der Waals surface area contributed by atoms with Crippen molar-refractivity contribution in [3.8, 4) is 0 Å². The molecule has 7 nitrogen and oxygen atoms in total. The van der Waals surface area contributed by atoms with Gasteiger partial charge in [-0.15, -0.1) is 0 Å². The van der Waals surface area contributed by atoms with E-state index < -0.39 is 0 Å². The molecule has 0 atom stereocenters. The van der Waals surface area contributed by atoms with Gasteiger partial charge in [-0.1, -0.05) is 6.92 Å². The summed E-state index contributed by atoms with van der Waals surface area (Å²) >= 11 is 0. The lowest BCUT2D eigenvalue weighted by atomic mass is 10.3. The number of nitrogens with two attached hydrogens (primary N) is 1. The maximum Gasteiger partial charge on any atom is 0.163 e. The lowest BCUT2D eigenvalue weighted by molar-refractivity contribution is 0.249. The van der Waals surface area contributed by atoms with Crippen LogP contribution in [0.1, 0.15) is 32.0 Å². The molecule has 0 spiro atoms. The van der Waals surface area contributed by atoms with Crippen LogP contribution in [0.2, 0.25) is 0 Å². The molecule has 2 aromatic heterocycles. The summed E-state index contributed by atoms with van der Waals surface area (Å²) in [6.07, 6.45) is 5.46. The minimum absolute atomic E-state index is 0.644. The van der Waals surface area contributed by atoms with Gasteiger partial charge in [-0.25, -0.2) is 15.8 Å². The van der Waals surface area contributed by atoms with E-state index in [1.165, 1.54) is 12.8 Å². The van der Waals surface area contributed by atoms with Gasteiger partial charge in [0.25, 0.3) is 0 Å². The molecule has 0 aliphatic heterocycles. The second-order valence-corrected chi connectivity index (χ2v) is 5.34. The highest BCUT2D eigenvalue weighted by Crippen LogP contribution is 2.28. The van der Waals surface area contributed by atoms with E-state index in [0.717, 1.165) is 36.4 Å². The van der Waals surface area contributed by atoms with Crippen LogP contribution in [0.5, 0.6) is 0 Å². The molecular weight excluding hydrogens is 254 g/mol. The molecule has 0 bridgehead atoms. The van der Waals surface area contributed by atoms with Gasteiger partial charge in [0.05, 0.1) is 18.1 Å². The van der Waals surface area contributed by atoms with Crippen molar-refractivity contribution in [1.29, 1.82) is 0 Å². The Morgan fingerprint density at radius 2 is 2.25 bits per heavy atom. The smallest absolute Gasteiger partial charge is 0.163 e. The first-order valence-electron chi connectivity index (χ1n) is 7.12. The fourth-order valence-electron chi connectivity index (χ4n) is 2.55. The van der Waals surface area contributed by atoms with E-state index in [9.17, 15) is 0 Å². The van der Waals surface area contributed by atoms with E-state index in [1.54, 1.807) is 10.9 Å². The van der Waals surface area contributed by atoms with Crippen molar-refractivity contribution >= 4 is 16.9 Å². The Bertz CT molecular complexity index is 602. The summed E-state index contributed by atoms with van der Waals surface area (Å²) in [7, 11) is 1.88. The summed E-state index contributed by atoms with van der Waals surface area (Å²) in [6, 6.07) is 0.704. The fourth-order valence-corrected chi connectivity index (χ4v) is 2.55. The molecular formula is C13H21N7. The second kappa shape index (κ2) is 5.34. The average molecular weight is 275 g/mol. The molecule has 0 unspecified atom stereocenters. The lowest BCUT2D eigenvalue weighted by Gasteiger charge is -2.20. The number of hydrazine groups is 1. The number of nitrogens with zero attached hydrogens (tertiary/aromatic N) is 5. The van der Waals surface area contributed by atoms with Crippen molar-refractivity contribution in [2.24, 2.45) is 12.9 Å². The number of anilines is 1. The summed E-state index contributed by atoms with van der Waals surface area (Å²) in [5.41, 5.74) is 3.47. The number of aryl methyl sites for hydroxylation is 1. The third-order valence-electron chi connectivity index (χ3n) is 3.69. The molecule has 1 aliphatic rings. The number of aromatic nitrogens is 4. The molecule has 0 amide bonds. The van der Waals surface area contributed by atoms with Crippen LogP contribution in [0.4, 0.5) is 5.82 Å². The summed E-state index contributed by atoms with van der Waals surface area (Å²) in [6.45, 7) is 4.06. The predicted octanol–water partition coefficient (Wildman–Crippen LogP) is 1.02. The average Bonchev–Trinajstić information content (AvgIpc) is 3.23. The first-order valence-corrected chi connectivity index (χ1v) is 7.12. The van der Waals surface area contributed by atoms with E-state index in [4.69, 9.17) is 5.84 Å². The molecule has 3 N–H and O–H groups in total. The lowest BCUT2D eigenvalue weighted by Crippen LogP contribution is -2.27. The molecule has 2 heterocycles. The predicted molar refractivity (Wildman–Crippen MR) is 77.8 cm³/mol. The van der Waals surface area contributed by atoms with Gasteiger partial charge < -0.3 is 5.43 Å². The molecule has 1 fully saturated rings. The van der Waals surface area contributed by atoms with Gasteiger partial charge in [0, 0.05) is 13.1 Å². The first-order chi connectivity index (χ1) is 9.72. The third-order valence-corrected chi connectivity index (χ3v) is 3.69. The number of rotatable bonds is 6. The third kappa shape index (κ3) is 2.46. The van der Waals surface area contributed by atoms with Crippen molar-refractivity contribution in [3.05, 3.63) is 12.0 Å². The molecule has 1 aliphatic carbocycles. The van der Waals surface area contributed by atoms with E-state index in [-0.39, 0.29) is 0 Å². The van der Waals surface area contributed by atoms with Gasteiger partial charge in [-0.05, 0) is 25.8 Å². The van der Waals surface area contributed by atoms with Gasteiger partial charge in [0.1, 0.15) is 5.82 Å². The molecule has 0 radical (unpaired) electrons. The quantitative estimate of drug-likeness (QED) is 0.605. The Balaban J connectivity index is 1.92. The van der Waals surface area contributed by atoms with Gasteiger partial charge in [0.15, 0.2) is 11.5 Å². The second-order valence-electron chi connectivity index (χ2n) is 5.34. The first kappa shape index (κ1) is 13.3. The summed E-state index contributed by atoms with van der Waals surface area (Å²) in [4.78, 5) is 11.6. The van der Waals surface area contributed by atoms with Crippen molar-refractivity contribution in [1.82, 2.24) is 24.6 Å². The van der Waals surface area contributed by atoms with Crippen molar-refractivity contribution in [2.75, 3.05) is 12.0 Å². The molecule has 1 saturated carbocycles. The Morgan fingerprint density at radius 1 is 1.45 bits per heavy atom. The number of fused-ring (bicyclic) bond motifs is 1. The van der Waals surface area contributed by atoms with Crippen LogP contribution in [0.25, 0.3) is 11.0 Å². The van der Waals surface area contributed by atoms with Crippen LogP contribution in [0.15, 0.2) is 6.20 Å². The van der Waals surface area contributed by atoms with Crippen LogP contribution in [-0.4, -0.2) is 37.2 Å². The van der Waals surface area contributed by atoms with Crippen LogP contribution in [-0.2, 0) is 13.6 Å². The van der Waals surface area contributed by atoms with E-state index in [0.29, 0.717) is 11.9 Å². The Kier molecular flexibility index (Phi) is 3.54. The Labute approximate surface area is 118 Å². The van der Waals surface area contributed by atoms with Crippen molar-refractivity contribution in [3.63, 3.8) is 0 Å². The van der Waals surface area contributed by atoms with Crippen LogP contribution >= 0.6 is 0 Å². The Morgan fingerprint density at radius 3 is 2.90 bits per heavy atom. The minimum Gasteiger partial charge on any atom is -0.308 e. The van der Waals surface area contributed by atoms with Gasteiger partial charge in [-0.2, -0.15) is 5.10 Å². The SMILES string of the molecule is CCCN(Cc1nc(NN)c2cnn(C)c2n1)C1CC1. The maximum atomic E-state index is 5.56. The maximum absolute atomic E-state index is 5.56. The zero-order valence-corrected chi connectivity index (χ0v) is 12.0.